The highest BCUT2D eigenvalue weighted by molar-refractivity contribution is 5.77. The molecule has 5 rings (SSSR count). The van der Waals surface area contributed by atoms with Crippen LogP contribution in [0.1, 0.15) is 35.3 Å². The smallest absolute Gasteiger partial charge is 0.300 e. The molecule has 0 aliphatic carbocycles. The van der Waals surface area contributed by atoms with Gasteiger partial charge >= 0.3 is 0 Å². The van der Waals surface area contributed by atoms with Crippen LogP contribution in [0.3, 0.4) is 0 Å². The molecule has 6 nitrogen and oxygen atoms in total. The monoisotopic (exact) mass is 551 g/mol. The maximum atomic E-state index is 9.00. The number of ether oxygens (including phenoxy) is 2. The van der Waals surface area contributed by atoms with Crippen molar-refractivity contribution in [1.82, 2.24) is 4.90 Å². The molecule has 0 saturated carbocycles. The standard InChI is InChI=1S/C33H33NO3.C2H4O2/c1-35-29-18-17-28(33(22-29)36-2)23-34(20-19-30-21-27-15-9-10-16-32(27)37-30)24-31(25-11-5-3-6-12-25)26-13-7-4-8-14-26;1-2(3)4/h3-18,21-22,31H,19-20,23-24H2,1-2H3;1H3,(H,3,4). The molecule has 0 aliphatic rings. The van der Waals surface area contributed by atoms with Gasteiger partial charge in [-0.3, -0.25) is 9.69 Å². The fourth-order valence-corrected chi connectivity index (χ4v) is 4.92. The molecule has 0 unspecified atom stereocenters. The molecule has 6 heteroatoms. The molecule has 5 aromatic rings. The van der Waals surface area contributed by atoms with Gasteiger partial charge in [-0.1, -0.05) is 84.9 Å². The zero-order valence-corrected chi connectivity index (χ0v) is 23.8. The summed E-state index contributed by atoms with van der Waals surface area (Å²) in [5, 5.41) is 8.56. The lowest BCUT2D eigenvalue weighted by atomic mass is 9.90. The number of nitrogens with zero attached hydrogens (tertiary/aromatic N) is 1. The SMILES string of the molecule is CC(=O)O.COc1ccc(CN(CCc2cc3ccccc3o2)CC(c2ccccc2)c2ccccc2)c(OC)c1. The van der Waals surface area contributed by atoms with Crippen LogP contribution in [0, 0.1) is 0 Å². The number of hydrogen-bond donors (Lipinski definition) is 1. The summed E-state index contributed by atoms with van der Waals surface area (Å²) in [6.07, 6.45) is 0.823. The molecule has 0 aliphatic heterocycles. The lowest BCUT2D eigenvalue weighted by Gasteiger charge is -2.29. The van der Waals surface area contributed by atoms with E-state index in [-0.39, 0.29) is 5.92 Å². The van der Waals surface area contributed by atoms with Crippen LogP contribution in [0.2, 0.25) is 0 Å². The first-order chi connectivity index (χ1) is 20.0. The molecular weight excluding hydrogens is 514 g/mol. The minimum absolute atomic E-state index is 0.238. The molecule has 4 aromatic carbocycles. The van der Waals surface area contributed by atoms with E-state index < -0.39 is 5.97 Å². The summed E-state index contributed by atoms with van der Waals surface area (Å²) in [6.45, 7) is 3.55. The summed E-state index contributed by atoms with van der Waals surface area (Å²) < 4.78 is 17.3. The first kappa shape index (κ1) is 29.4. The molecule has 1 aromatic heterocycles. The number of benzene rings is 4. The lowest BCUT2D eigenvalue weighted by Crippen LogP contribution is -2.31. The van der Waals surface area contributed by atoms with Crippen molar-refractivity contribution in [2.24, 2.45) is 0 Å². The molecule has 0 bridgehead atoms. The van der Waals surface area contributed by atoms with E-state index in [2.05, 4.69) is 83.8 Å². The van der Waals surface area contributed by atoms with Gasteiger partial charge in [0.25, 0.3) is 5.97 Å². The van der Waals surface area contributed by atoms with Gasteiger partial charge in [-0.05, 0) is 29.3 Å². The number of hydrogen-bond acceptors (Lipinski definition) is 5. The number of carbonyl (C=O) groups is 1. The Morgan fingerprint density at radius 1 is 0.829 bits per heavy atom. The van der Waals surface area contributed by atoms with Crippen LogP contribution in [-0.4, -0.2) is 43.3 Å². The van der Waals surface area contributed by atoms with Crippen molar-refractivity contribution in [2.75, 3.05) is 27.3 Å². The zero-order chi connectivity index (χ0) is 29.0. The van der Waals surface area contributed by atoms with Crippen LogP contribution < -0.4 is 9.47 Å². The Bertz CT molecular complexity index is 1440. The van der Waals surface area contributed by atoms with Gasteiger partial charge in [0, 0.05) is 55.9 Å². The van der Waals surface area contributed by atoms with Crippen molar-refractivity contribution in [3.8, 4) is 11.5 Å². The Hall–Kier alpha value is -4.55. The van der Waals surface area contributed by atoms with Crippen molar-refractivity contribution < 1.29 is 23.8 Å². The van der Waals surface area contributed by atoms with Crippen LogP contribution >= 0.6 is 0 Å². The Morgan fingerprint density at radius 3 is 2.02 bits per heavy atom. The van der Waals surface area contributed by atoms with Gasteiger partial charge in [-0.2, -0.15) is 0 Å². The molecule has 0 saturated heterocycles. The summed E-state index contributed by atoms with van der Waals surface area (Å²) in [5.74, 6) is 2.04. The van der Waals surface area contributed by atoms with Crippen LogP contribution in [0.15, 0.2) is 114 Å². The first-order valence-electron chi connectivity index (χ1n) is 13.7. The Balaban J connectivity index is 0.000000909. The summed E-state index contributed by atoms with van der Waals surface area (Å²) >= 11 is 0. The van der Waals surface area contributed by atoms with Crippen molar-refractivity contribution in [3.63, 3.8) is 0 Å². The largest absolute Gasteiger partial charge is 0.497 e. The molecular formula is C35H37NO5. The highest BCUT2D eigenvalue weighted by Crippen LogP contribution is 2.30. The van der Waals surface area contributed by atoms with Crippen LogP contribution in [0.25, 0.3) is 11.0 Å². The molecule has 1 N–H and O–H groups in total. The molecule has 41 heavy (non-hydrogen) atoms. The second-order valence-corrected chi connectivity index (χ2v) is 9.81. The highest BCUT2D eigenvalue weighted by atomic mass is 16.5. The average Bonchev–Trinajstić information content (AvgIpc) is 3.42. The number of para-hydroxylation sites is 1. The van der Waals surface area contributed by atoms with E-state index >= 15 is 0 Å². The van der Waals surface area contributed by atoms with Crippen LogP contribution in [-0.2, 0) is 17.8 Å². The van der Waals surface area contributed by atoms with E-state index in [0.717, 1.165) is 66.8 Å². The van der Waals surface area contributed by atoms with E-state index in [4.69, 9.17) is 23.8 Å². The second-order valence-electron chi connectivity index (χ2n) is 9.81. The van der Waals surface area contributed by atoms with Gasteiger partial charge in [0.2, 0.25) is 0 Å². The molecule has 212 valence electrons. The maximum absolute atomic E-state index is 9.00. The normalized spacial score (nSPS) is 10.9. The number of methoxy groups -OCH3 is 2. The van der Waals surface area contributed by atoms with Gasteiger partial charge < -0.3 is 19.0 Å². The summed E-state index contributed by atoms with van der Waals surface area (Å²) in [4.78, 5) is 11.5. The van der Waals surface area contributed by atoms with Crippen molar-refractivity contribution >= 4 is 16.9 Å². The highest BCUT2D eigenvalue weighted by Gasteiger charge is 2.20. The third kappa shape index (κ3) is 8.47. The van der Waals surface area contributed by atoms with Crippen molar-refractivity contribution in [1.29, 1.82) is 0 Å². The Kier molecular flexibility index (Phi) is 10.6. The lowest BCUT2D eigenvalue weighted by molar-refractivity contribution is -0.134. The van der Waals surface area contributed by atoms with E-state index in [1.165, 1.54) is 11.1 Å². The van der Waals surface area contributed by atoms with Crippen molar-refractivity contribution in [3.05, 3.63) is 132 Å². The average molecular weight is 552 g/mol. The van der Waals surface area contributed by atoms with Crippen LogP contribution in [0.5, 0.6) is 11.5 Å². The minimum atomic E-state index is -0.833. The molecule has 0 fully saturated rings. The predicted octanol–water partition coefficient (Wildman–Crippen LogP) is 7.42. The maximum Gasteiger partial charge on any atom is 0.300 e. The Morgan fingerprint density at radius 2 is 1.44 bits per heavy atom. The van der Waals surface area contributed by atoms with E-state index in [1.54, 1.807) is 14.2 Å². The Labute approximate surface area is 241 Å². The van der Waals surface area contributed by atoms with Gasteiger partial charge in [-0.15, -0.1) is 0 Å². The molecule has 0 amide bonds. The van der Waals surface area contributed by atoms with E-state index in [0.29, 0.717) is 0 Å². The third-order valence-corrected chi connectivity index (χ3v) is 6.88. The van der Waals surface area contributed by atoms with Gasteiger partial charge in [0.15, 0.2) is 0 Å². The topological polar surface area (TPSA) is 72.1 Å². The minimum Gasteiger partial charge on any atom is -0.497 e. The van der Waals surface area contributed by atoms with E-state index in [9.17, 15) is 0 Å². The molecule has 0 atom stereocenters. The fraction of sp³-hybridized carbons (Fsp3) is 0.229. The van der Waals surface area contributed by atoms with Gasteiger partial charge in [0.05, 0.1) is 14.2 Å². The summed E-state index contributed by atoms with van der Waals surface area (Å²) in [7, 11) is 3.40. The number of carboxylic acid groups (broad SMARTS) is 1. The zero-order valence-electron chi connectivity index (χ0n) is 23.8. The quantitative estimate of drug-likeness (QED) is 0.184. The van der Waals surface area contributed by atoms with Crippen LogP contribution in [0.4, 0.5) is 0 Å². The van der Waals surface area contributed by atoms with Gasteiger partial charge in [-0.25, -0.2) is 0 Å². The number of aliphatic carboxylic acids is 1. The first-order valence-corrected chi connectivity index (χ1v) is 13.7. The summed E-state index contributed by atoms with van der Waals surface area (Å²) in [6, 6.07) is 38.0. The molecule has 0 radical (unpaired) electrons. The number of furan rings is 1. The summed E-state index contributed by atoms with van der Waals surface area (Å²) in [5.41, 5.74) is 4.69. The van der Waals surface area contributed by atoms with Crippen molar-refractivity contribution in [2.45, 2.75) is 25.8 Å². The second kappa shape index (κ2) is 14.7. The van der Waals surface area contributed by atoms with Gasteiger partial charge in [0.1, 0.15) is 22.8 Å². The number of carboxylic acids is 1. The fourth-order valence-electron chi connectivity index (χ4n) is 4.92. The molecule has 1 heterocycles. The number of fused-ring (bicyclic) bond motifs is 1. The van der Waals surface area contributed by atoms with E-state index in [1.807, 2.05) is 30.3 Å². The predicted molar refractivity (Wildman–Crippen MR) is 163 cm³/mol. The molecule has 0 spiro atoms. The third-order valence-electron chi connectivity index (χ3n) is 6.88. The number of rotatable bonds is 11.